The molecule has 23 nitrogen and oxygen atoms in total. The zero-order valence-corrected chi connectivity index (χ0v) is 68.3. The Kier molecular flexibility index (Phi) is 27.8. The molecule has 0 aliphatic carbocycles. The summed E-state index contributed by atoms with van der Waals surface area (Å²) >= 11 is 0. The van der Waals surface area contributed by atoms with Gasteiger partial charge < -0.3 is 23.3 Å². The Morgan fingerprint density at radius 1 is 0.373 bits per heavy atom. The number of phenols is 2. The average molecular weight is 1630 g/mol. The Morgan fingerprint density at radius 3 is 1.02 bits per heavy atom. The van der Waals surface area contributed by atoms with Crippen LogP contribution in [0.5, 0.6) is 28.7 Å². The molecule has 4 aliphatic heterocycles. The number of methoxy groups -OCH3 is 1. The van der Waals surface area contributed by atoms with E-state index in [0.29, 0.717) is 60.8 Å². The number of nitrogens with one attached hydrogen (secondary N) is 4. The Labute approximate surface area is 649 Å². The average Bonchev–Trinajstić information content (AvgIpc) is 1.61. The minimum atomic E-state index is -4.77. The molecule has 0 radical (unpaired) electrons. The van der Waals surface area contributed by atoms with Crippen molar-refractivity contribution in [3.05, 3.63) is 233 Å². The molecule has 0 saturated carbocycles. The third-order valence-corrected chi connectivity index (χ3v) is 29.9. The van der Waals surface area contributed by atoms with Crippen LogP contribution < -0.4 is 34.4 Å². The molecule has 8 N–H and O–H groups in total. The molecule has 8 aromatic rings. The van der Waals surface area contributed by atoms with Gasteiger partial charge in [-0.1, -0.05) is 221 Å². The lowest BCUT2D eigenvalue weighted by Gasteiger charge is -2.36. The predicted molar refractivity (Wildman–Crippen MR) is 426 cm³/mol. The van der Waals surface area contributed by atoms with Crippen LogP contribution in [0.3, 0.4) is 0 Å². The van der Waals surface area contributed by atoms with Gasteiger partial charge in [-0.2, -0.15) is 16.8 Å². The Balaban J connectivity index is 0.000000169. The van der Waals surface area contributed by atoms with Crippen molar-refractivity contribution in [1.82, 2.24) is 21.3 Å². The van der Waals surface area contributed by atoms with Crippen LogP contribution in [-0.2, 0) is 60.1 Å². The van der Waals surface area contributed by atoms with E-state index in [1.165, 1.54) is 43.5 Å². The smallest absolute Gasteiger partial charge is 0.446 e. The molecule has 8 aromatic carbocycles. The number of hydrogen-bond donors (Lipinski definition) is 8. The third-order valence-electron chi connectivity index (χ3n) is 21.3. The molecule has 29 heteroatoms. The van der Waals surface area contributed by atoms with Crippen LogP contribution in [0.25, 0.3) is 0 Å². The number of hydrogen-bond acceptors (Lipinski definition) is 21. The molecule has 3 unspecified atom stereocenters. The van der Waals surface area contributed by atoms with Crippen molar-refractivity contribution in [2.24, 2.45) is 0 Å². The summed E-state index contributed by atoms with van der Waals surface area (Å²) in [6.07, 6.45) is 9.13. The summed E-state index contributed by atoms with van der Waals surface area (Å²) in [6.45, 7) is 16.1. The fraction of sp³-hybridized carbons (Fsp3) is 0.407. The highest BCUT2D eigenvalue weighted by Gasteiger charge is 2.47. The van der Waals surface area contributed by atoms with E-state index in [0.717, 1.165) is 66.8 Å². The van der Waals surface area contributed by atoms with Crippen molar-refractivity contribution < 1.29 is 82.9 Å². The first-order valence-electron chi connectivity index (χ1n) is 37.0. The first-order chi connectivity index (χ1) is 51.9. The Bertz CT molecular complexity index is 5210. The van der Waals surface area contributed by atoms with Gasteiger partial charge in [-0.3, -0.25) is 30.4 Å². The normalized spacial score (nSPS) is 21.5. The quantitative estimate of drug-likeness (QED) is 0.0310. The summed E-state index contributed by atoms with van der Waals surface area (Å²) in [5.74, 6) is -0.597. The Morgan fingerprint density at radius 2 is 0.682 bits per heavy atom. The molecule has 0 spiro atoms. The van der Waals surface area contributed by atoms with Crippen LogP contribution in [0.1, 0.15) is 201 Å². The zero-order chi connectivity index (χ0) is 80.3. The maximum absolute atomic E-state index is 13.4. The van der Waals surface area contributed by atoms with Gasteiger partial charge in [-0.25, -0.2) is 33.7 Å². The van der Waals surface area contributed by atoms with Gasteiger partial charge in [0.05, 0.1) is 73.9 Å². The summed E-state index contributed by atoms with van der Waals surface area (Å²) in [5.41, 5.74) is 3.90. The molecule has 596 valence electrons. The number of rotatable bonds is 21. The van der Waals surface area contributed by atoms with Crippen molar-refractivity contribution in [1.29, 1.82) is 0 Å². The van der Waals surface area contributed by atoms with Crippen molar-refractivity contribution in [2.75, 3.05) is 30.1 Å². The number of fused-ring (bicyclic) bond motifs is 4. The number of benzene rings is 8. The standard InChI is InChI=1S/C21H27NO6S2.C21H27NO3S.C20H25NO4S.C19H23NO6S2/c1-3-5-13-21(4-2)15-29(23,24)19-14-17(28-30(25,26)27)11-12-18(19)20(22-21)16-9-7-6-8-10-16;1-3-12-21(13-4-2)15-26(24,25)19-14-17(23)10-11-18(19)20(22-21)16-8-6-5-7-9-16;1-4-20(5-2)13-26(23,24)18-12-16(22)17(25-3)11-15(18)19(21-20)14-9-7-6-8-10-14;1-3-19(4-2)13-27(21,22)17-12-15(26-28(23,24)25)10-11-16(17)18(20-19)14-8-6-5-7-9-14/h6-12,14,20,22H,3-5,13,15H2,1-2H3,(H,25,26,27);5-11,14,20,22-23H,3-4,12-13,15H2,1-2H3;6-12,19,21-22H,4-5,13H2,1-3H3;5-12,18,20H,3-4,13H2,1-2H3,(H,23,24,25)/t20-,21-;;;/m1.../s1. The SMILES string of the molecule is CCC1(CC)CS(=O)(=O)c2cc(O)c(OC)cc2C(c2ccccc2)N1.CCC1(CC)CS(=O)(=O)c2cc(OS(=O)(=O)O)ccc2C(c2ccccc2)N1.CCCC1(CCC)CS(=O)(=O)c2cc(O)ccc2C(c2ccccc2)N1.CCCC[C@]1(CC)CS(=O)(=O)c2cc(OS(=O)(=O)O)ccc2[C@@H](c2ccccc2)N1. The van der Waals surface area contributed by atoms with Crippen molar-refractivity contribution in [3.63, 3.8) is 0 Å². The minimum absolute atomic E-state index is 0.00113. The highest BCUT2D eigenvalue weighted by atomic mass is 32.3. The highest BCUT2D eigenvalue weighted by molar-refractivity contribution is 7.92. The molecule has 0 saturated heterocycles. The lowest BCUT2D eigenvalue weighted by Crippen LogP contribution is -2.50. The summed E-state index contributed by atoms with van der Waals surface area (Å²) in [6, 6.07) is 53.2. The van der Waals surface area contributed by atoms with Crippen LogP contribution in [0.4, 0.5) is 0 Å². The number of sulfone groups is 4. The topological polar surface area (TPSA) is 362 Å². The van der Waals surface area contributed by atoms with E-state index in [4.69, 9.17) is 13.8 Å². The van der Waals surface area contributed by atoms with Gasteiger partial charge in [0.25, 0.3) is 0 Å². The molecule has 0 bridgehead atoms. The number of unbranched alkanes of at least 4 members (excludes halogenated alkanes) is 1. The van der Waals surface area contributed by atoms with E-state index in [-0.39, 0.29) is 83.4 Å². The fourth-order valence-corrected chi connectivity index (χ4v) is 24.8. The number of aromatic hydroxyl groups is 2. The molecule has 4 heterocycles. The van der Waals surface area contributed by atoms with E-state index in [2.05, 4.69) is 50.4 Å². The lowest BCUT2D eigenvalue weighted by molar-refractivity contribution is 0.287. The molecule has 5 atom stereocenters. The molecule has 110 heavy (non-hydrogen) atoms. The molecule has 4 aliphatic rings. The second-order valence-corrected chi connectivity index (χ2v) is 38.6. The summed E-state index contributed by atoms with van der Waals surface area (Å²) < 4.78 is 183. The molecule has 0 fully saturated rings. The zero-order valence-electron chi connectivity index (χ0n) is 63.4. The maximum Gasteiger partial charge on any atom is 0.446 e. The van der Waals surface area contributed by atoms with Gasteiger partial charge in [0.15, 0.2) is 50.8 Å². The lowest BCUT2D eigenvalue weighted by atomic mass is 9.87. The molecule has 0 amide bonds. The van der Waals surface area contributed by atoms with Gasteiger partial charge in [-0.15, -0.1) is 0 Å². The second kappa shape index (κ2) is 35.5. The van der Waals surface area contributed by atoms with Crippen LogP contribution in [0.15, 0.2) is 208 Å². The van der Waals surface area contributed by atoms with Crippen LogP contribution in [0, 0.1) is 0 Å². The number of phenolic OH excluding ortho intramolecular Hbond substituents is 2. The van der Waals surface area contributed by atoms with Crippen molar-refractivity contribution >= 4 is 60.1 Å². The van der Waals surface area contributed by atoms with Crippen molar-refractivity contribution in [2.45, 2.75) is 198 Å². The molecular formula is C81H102N4O19S6. The fourth-order valence-electron chi connectivity index (χ4n) is 15.5. The second-order valence-electron chi connectivity index (χ2n) is 28.7. The van der Waals surface area contributed by atoms with Gasteiger partial charge in [0.1, 0.15) is 17.2 Å². The molecule has 12 rings (SSSR count). The van der Waals surface area contributed by atoms with Crippen LogP contribution in [-0.4, -0.2) is 122 Å². The van der Waals surface area contributed by atoms with Gasteiger partial charge >= 0.3 is 20.8 Å². The first-order valence-corrected chi connectivity index (χ1v) is 46.4. The molecular weight excluding hydrogens is 1530 g/mol. The van der Waals surface area contributed by atoms with E-state index in [9.17, 15) is 60.7 Å². The molecule has 0 aromatic heterocycles. The van der Waals surface area contributed by atoms with Gasteiger partial charge in [-0.05, 0) is 126 Å². The van der Waals surface area contributed by atoms with Gasteiger partial charge in [0.2, 0.25) is 0 Å². The maximum atomic E-state index is 13.4. The monoisotopic (exact) mass is 1630 g/mol. The summed E-state index contributed by atoms with van der Waals surface area (Å²) in [4.78, 5) is 0.421. The highest BCUT2D eigenvalue weighted by Crippen LogP contribution is 2.46. The van der Waals surface area contributed by atoms with E-state index in [1.807, 2.05) is 156 Å². The Hall–Kier alpha value is -7.78. The van der Waals surface area contributed by atoms with Gasteiger partial charge in [0, 0.05) is 40.4 Å². The summed E-state index contributed by atoms with van der Waals surface area (Å²) in [5, 5.41) is 34.6. The number of ether oxygens (including phenoxy) is 1. The van der Waals surface area contributed by atoms with Crippen molar-refractivity contribution in [3.8, 4) is 28.7 Å². The first kappa shape index (κ1) is 86.2. The summed E-state index contributed by atoms with van der Waals surface area (Å²) in [7, 11) is -22.7. The van der Waals surface area contributed by atoms with Crippen LogP contribution in [0.2, 0.25) is 0 Å². The largest absolute Gasteiger partial charge is 0.508 e. The minimum Gasteiger partial charge on any atom is -0.508 e. The van der Waals surface area contributed by atoms with Crippen LogP contribution >= 0.6 is 0 Å². The van der Waals surface area contributed by atoms with E-state index >= 15 is 0 Å². The third kappa shape index (κ3) is 20.5. The van der Waals surface area contributed by atoms with E-state index < -0.39 is 94.4 Å². The predicted octanol–water partition coefficient (Wildman–Crippen LogP) is 14.2. The van der Waals surface area contributed by atoms with E-state index in [1.54, 1.807) is 24.3 Å².